The van der Waals surface area contributed by atoms with E-state index in [-0.39, 0.29) is 18.4 Å². The molecular weight excluding hydrogens is 424 g/mol. The van der Waals surface area contributed by atoms with Gasteiger partial charge in [0.15, 0.2) is 6.04 Å². The lowest BCUT2D eigenvalue weighted by molar-refractivity contribution is -0.198. The van der Waals surface area contributed by atoms with Crippen molar-refractivity contribution in [1.29, 1.82) is 5.26 Å². The van der Waals surface area contributed by atoms with E-state index in [1.165, 1.54) is 38.1 Å². The van der Waals surface area contributed by atoms with Crippen LogP contribution in [0.15, 0.2) is 48.8 Å². The van der Waals surface area contributed by atoms with Gasteiger partial charge in [-0.25, -0.2) is 4.39 Å². The van der Waals surface area contributed by atoms with Gasteiger partial charge in [0.2, 0.25) is 5.91 Å². The van der Waals surface area contributed by atoms with Crippen LogP contribution in [0.4, 0.5) is 17.6 Å². The zero-order chi connectivity index (χ0) is 23.7. The van der Waals surface area contributed by atoms with Crippen LogP contribution in [0.3, 0.4) is 0 Å². The monoisotopic (exact) mass is 448 g/mol. The van der Waals surface area contributed by atoms with Gasteiger partial charge in [-0.05, 0) is 55.5 Å². The Bertz CT molecular complexity index is 990. The maximum atomic E-state index is 14.3. The summed E-state index contributed by atoms with van der Waals surface area (Å²) >= 11 is 0. The first-order chi connectivity index (χ1) is 14.9. The molecule has 1 saturated carbocycles. The van der Waals surface area contributed by atoms with E-state index in [9.17, 15) is 27.6 Å². The average Bonchev–Trinajstić information content (AvgIpc) is 3.51. The molecule has 1 heterocycles. The summed E-state index contributed by atoms with van der Waals surface area (Å²) in [6.07, 6.45) is -1.99. The molecule has 1 aliphatic carbocycles. The maximum absolute atomic E-state index is 14.3. The lowest BCUT2D eigenvalue weighted by Gasteiger charge is -2.38. The molecule has 0 spiro atoms. The summed E-state index contributed by atoms with van der Waals surface area (Å²) in [4.78, 5) is 17.5. The van der Waals surface area contributed by atoms with Gasteiger partial charge in [0.1, 0.15) is 11.2 Å². The molecule has 3 rings (SSSR count). The third kappa shape index (κ3) is 5.07. The number of halogens is 4. The number of benzene rings is 1. The highest BCUT2D eigenvalue weighted by molar-refractivity contribution is 5.84. The molecule has 170 valence electrons. The molecule has 0 radical (unpaired) electrons. The van der Waals surface area contributed by atoms with Crippen LogP contribution in [0.5, 0.6) is 0 Å². The molecule has 2 N–H and O–H groups in total. The van der Waals surface area contributed by atoms with Crippen molar-refractivity contribution in [3.8, 4) is 17.2 Å². The van der Waals surface area contributed by atoms with E-state index in [1.54, 1.807) is 24.5 Å². The molecule has 1 aromatic heterocycles. The van der Waals surface area contributed by atoms with Gasteiger partial charge in [-0.3, -0.25) is 9.78 Å². The normalized spacial score (nSPS) is 17.2. The van der Waals surface area contributed by atoms with Crippen LogP contribution in [0.25, 0.3) is 11.1 Å². The Morgan fingerprint density at radius 3 is 2.09 bits per heavy atom. The van der Waals surface area contributed by atoms with E-state index in [2.05, 4.69) is 4.98 Å². The molecule has 1 aliphatic rings. The van der Waals surface area contributed by atoms with Gasteiger partial charge in [-0.15, -0.1) is 0 Å². The summed E-state index contributed by atoms with van der Waals surface area (Å²) in [7, 11) is 0. The van der Waals surface area contributed by atoms with E-state index >= 15 is 0 Å². The Kier molecular flexibility index (Phi) is 6.29. The van der Waals surface area contributed by atoms with Crippen LogP contribution >= 0.6 is 0 Å². The molecule has 0 aliphatic heterocycles. The zero-order valence-corrected chi connectivity index (χ0v) is 17.7. The fraction of sp³-hybridized carbons (Fsp3) is 0.435. The molecule has 2 aromatic rings. The molecule has 0 saturated heterocycles. The quantitative estimate of drug-likeness (QED) is 0.623. The Balaban J connectivity index is 2.03. The third-order valence-corrected chi connectivity index (χ3v) is 5.46. The lowest BCUT2D eigenvalue weighted by atomic mass is 9.95. The number of hydrogen-bond acceptors (Lipinski definition) is 4. The second-order valence-corrected chi connectivity index (χ2v) is 8.68. The van der Waals surface area contributed by atoms with Gasteiger partial charge in [-0.2, -0.15) is 18.4 Å². The summed E-state index contributed by atoms with van der Waals surface area (Å²) in [6, 6.07) is 7.01. The number of nitrogens with zero attached hydrogens (tertiary/aromatic N) is 3. The van der Waals surface area contributed by atoms with Crippen molar-refractivity contribution >= 4 is 5.91 Å². The van der Waals surface area contributed by atoms with Crippen LogP contribution in [0, 0.1) is 11.3 Å². The fourth-order valence-corrected chi connectivity index (χ4v) is 3.79. The van der Waals surface area contributed by atoms with E-state index in [0.29, 0.717) is 10.5 Å². The number of carbonyl (C=O) groups is 1. The smallest absolute Gasteiger partial charge is 0.320 e. The van der Waals surface area contributed by atoms with Crippen LogP contribution in [-0.2, 0) is 4.79 Å². The van der Waals surface area contributed by atoms with Gasteiger partial charge in [0.05, 0.1) is 12.1 Å². The molecule has 1 fully saturated rings. The van der Waals surface area contributed by atoms with Gasteiger partial charge in [0, 0.05) is 18.8 Å². The maximum Gasteiger partial charge on any atom is 0.413 e. The average molecular weight is 448 g/mol. The third-order valence-electron chi connectivity index (χ3n) is 5.46. The van der Waals surface area contributed by atoms with E-state index in [1.807, 2.05) is 6.07 Å². The summed E-state index contributed by atoms with van der Waals surface area (Å²) in [5.41, 5.74) is 3.61. The van der Waals surface area contributed by atoms with Gasteiger partial charge < -0.3 is 10.6 Å². The highest BCUT2D eigenvalue weighted by Gasteiger charge is 2.60. The van der Waals surface area contributed by atoms with Crippen LogP contribution in [-0.4, -0.2) is 39.2 Å². The Morgan fingerprint density at radius 1 is 1.12 bits per heavy atom. The minimum Gasteiger partial charge on any atom is -0.320 e. The highest BCUT2D eigenvalue weighted by atomic mass is 19.4. The van der Waals surface area contributed by atoms with Crippen molar-refractivity contribution < 1.29 is 22.4 Å². The SMILES string of the molecule is CC(C)(F)C[C@H](N)C(=O)N([C@@H](c1ccc(-c2ccncc2)cc1)C(F)(F)F)C1(C#N)CC1. The molecule has 0 bridgehead atoms. The van der Waals surface area contributed by atoms with Crippen LogP contribution < -0.4 is 5.73 Å². The number of carbonyl (C=O) groups excluding carboxylic acids is 1. The van der Waals surface area contributed by atoms with Crippen molar-refractivity contribution in [3.05, 3.63) is 54.4 Å². The number of aromatic nitrogens is 1. The van der Waals surface area contributed by atoms with Crippen molar-refractivity contribution in [3.63, 3.8) is 0 Å². The number of rotatable bonds is 7. The summed E-state index contributed by atoms with van der Waals surface area (Å²) in [5.74, 6) is -1.09. The molecule has 1 amide bonds. The number of pyridine rings is 1. The minimum absolute atomic E-state index is 0.0999. The first-order valence-electron chi connectivity index (χ1n) is 10.1. The van der Waals surface area contributed by atoms with E-state index < -0.39 is 41.8 Å². The van der Waals surface area contributed by atoms with Crippen molar-refractivity contribution in [2.45, 2.75) is 62.6 Å². The number of hydrogen-bond donors (Lipinski definition) is 1. The largest absolute Gasteiger partial charge is 0.413 e. The molecule has 32 heavy (non-hydrogen) atoms. The number of amides is 1. The molecule has 5 nitrogen and oxygen atoms in total. The predicted octanol–water partition coefficient (Wildman–Crippen LogP) is 4.70. The fourth-order valence-electron chi connectivity index (χ4n) is 3.79. The molecule has 0 unspecified atom stereocenters. The summed E-state index contributed by atoms with van der Waals surface area (Å²) in [6.45, 7) is 2.39. The van der Waals surface area contributed by atoms with Crippen molar-refractivity contribution in [2.75, 3.05) is 0 Å². The van der Waals surface area contributed by atoms with Gasteiger partial charge >= 0.3 is 6.18 Å². The molecule has 1 aromatic carbocycles. The van der Waals surface area contributed by atoms with E-state index in [0.717, 1.165) is 5.56 Å². The van der Waals surface area contributed by atoms with Crippen molar-refractivity contribution in [2.24, 2.45) is 5.73 Å². The molecular formula is C23H24F4N4O. The Hall–Kier alpha value is -2.99. The van der Waals surface area contributed by atoms with Gasteiger partial charge in [0.25, 0.3) is 0 Å². The van der Waals surface area contributed by atoms with Crippen molar-refractivity contribution in [1.82, 2.24) is 9.88 Å². The van der Waals surface area contributed by atoms with Gasteiger partial charge in [-0.1, -0.05) is 24.3 Å². The van der Waals surface area contributed by atoms with E-state index in [4.69, 9.17) is 5.73 Å². The first-order valence-corrected chi connectivity index (χ1v) is 10.1. The Morgan fingerprint density at radius 2 is 1.66 bits per heavy atom. The first kappa shape index (κ1) is 23.7. The second kappa shape index (κ2) is 8.51. The Labute approximate surface area is 183 Å². The zero-order valence-electron chi connectivity index (χ0n) is 17.7. The summed E-state index contributed by atoms with van der Waals surface area (Å²) in [5, 5.41) is 9.61. The highest BCUT2D eigenvalue weighted by Crippen LogP contribution is 2.50. The minimum atomic E-state index is -4.87. The van der Waals surface area contributed by atoms with Crippen LogP contribution in [0.2, 0.25) is 0 Å². The molecule has 9 heteroatoms. The number of alkyl halides is 4. The summed E-state index contributed by atoms with van der Waals surface area (Å²) < 4.78 is 57.0. The molecule has 2 atom stereocenters. The number of nitrogens with two attached hydrogens (primary N) is 1. The standard InChI is InChI=1S/C23H24F4N4O/c1-21(2,24)13-18(29)20(32)31(22(14-28)9-10-22)19(23(25,26)27)17-5-3-15(4-6-17)16-7-11-30-12-8-16/h3-8,11-12,18-19H,9-10,13,29H2,1-2H3/t18-,19-/m0/s1. The lowest BCUT2D eigenvalue weighted by Crippen LogP contribution is -2.55. The predicted molar refractivity (Wildman–Crippen MR) is 111 cm³/mol. The topological polar surface area (TPSA) is 83.0 Å². The second-order valence-electron chi connectivity index (χ2n) is 8.68. The number of nitriles is 1. The van der Waals surface area contributed by atoms with Crippen LogP contribution in [0.1, 0.15) is 44.7 Å².